The van der Waals surface area contributed by atoms with E-state index in [-0.39, 0.29) is 12.0 Å². The predicted molar refractivity (Wildman–Crippen MR) is 78.5 cm³/mol. The van der Waals surface area contributed by atoms with Crippen molar-refractivity contribution in [3.63, 3.8) is 0 Å². The number of alkyl halides is 1. The Morgan fingerprint density at radius 2 is 2.30 bits per heavy atom. The number of aromatic nitrogens is 1. The molecule has 0 radical (unpaired) electrons. The van der Waals surface area contributed by atoms with Crippen LogP contribution in [0, 0.1) is 0 Å². The number of carbonyl (C=O) groups excluding carboxylic acids is 1. The number of rotatable bonds is 2. The first-order valence-electron chi connectivity index (χ1n) is 6.55. The highest BCUT2D eigenvalue weighted by Gasteiger charge is 2.26. The molecule has 0 saturated heterocycles. The van der Waals surface area contributed by atoms with Crippen molar-refractivity contribution in [2.24, 2.45) is 0 Å². The molecule has 2 heterocycles. The van der Waals surface area contributed by atoms with E-state index in [2.05, 4.69) is 4.98 Å². The molecule has 0 spiro atoms. The molecule has 0 bridgehead atoms. The Morgan fingerprint density at radius 1 is 1.45 bits per heavy atom. The van der Waals surface area contributed by atoms with Gasteiger partial charge in [0.25, 0.3) is 5.91 Å². The minimum Gasteiger partial charge on any atom is -0.488 e. The number of likely N-dealkylation sites (N-methyl/N-ethyl adjacent to an activating group) is 1. The zero-order valence-electron chi connectivity index (χ0n) is 11.2. The lowest BCUT2D eigenvalue weighted by Crippen LogP contribution is -2.34. The number of benzene rings is 1. The molecule has 0 fully saturated rings. The lowest BCUT2D eigenvalue weighted by atomic mass is 10.1. The van der Waals surface area contributed by atoms with Crippen LogP contribution in [0.1, 0.15) is 16.8 Å². The molecule has 1 aliphatic heterocycles. The van der Waals surface area contributed by atoms with Gasteiger partial charge in [-0.1, -0.05) is 0 Å². The van der Waals surface area contributed by atoms with Gasteiger partial charge in [0.05, 0.1) is 12.1 Å². The Bertz CT molecular complexity index is 659. The first kappa shape index (κ1) is 13.2. The highest BCUT2D eigenvalue weighted by atomic mass is 35.5. The fourth-order valence-corrected chi connectivity index (χ4v) is 2.71. The van der Waals surface area contributed by atoms with Crippen molar-refractivity contribution in [1.29, 1.82) is 0 Å². The Morgan fingerprint density at radius 3 is 3.10 bits per heavy atom. The van der Waals surface area contributed by atoms with E-state index in [4.69, 9.17) is 16.3 Å². The van der Waals surface area contributed by atoms with Crippen molar-refractivity contribution in [2.45, 2.75) is 12.5 Å². The van der Waals surface area contributed by atoms with Gasteiger partial charge in [-0.15, -0.1) is 11.6 Å². The number of halogens is 1. The maximum absolute atomic E-state index is 12.4. The van der Waals surface area contributed by atoms with Crippen LogP contribution in [0.25, 0.3) is 10.8 Å². The molecule has 1 amide bonds. The molecule has 1 atom stereocenters. The maximum Gasteiger partial charge on any atom is 0.257 e. The van der Waals surface area contributed by atoms with E-state index in [0.29, 0.717) is 30.2 Å². The fourth-order valence-electron chi connectivity index (χ4n) is 2.46. The number of hydrogen-bond donors (Lipinski definition) is 0. The molecule has 1 aromatic heterocycles. The van der Waals surface area contributed by atoms with Gasteiger partial charge in [-0.3, -0.25) is 9.78 Å². The second-order valence-electron chi connectivity index (χ2n) is 4.97. The molecule has 1 aromatic carbocycles. The number of nitrogens with zero attached hydrogens (tertiary/aromatic N) is 2. The Balaban J connectivity index is 2.11. The van der Waals surface area contributed by atoms with Crippen LogP contribution in [0.15, 0.2) is 30.6 Å². The number of pyridine rings is 1. The predicted octanol–water partition coefficient (Wildman–Crippen LogP) is 2.70. The molecule has 1 aliphatic rings. The first-order valence-corrected chi connectivity index (χ1v) is 7.08. The number of ether oxygens (including phenoxy) is 1. The zero-order chi connectivity index (χ0) is 14.1. The van der Waals surface area contributed by atoms with Gasteiger partial charge in [-0.05, 0) is 30.0 Å². The van der Waals surface area contributed by atoms with Crippen LogP contribution >= 0.6 is 11.6 Å². The minimum atomic E-state index is -0.0724. The lowest BCUT2D eigenvalue weighted by Gasteiger charge is -2.19. The standard InChI is InChI=1S/C15H15ClN2O2/c1-18-9-12(2-4-16)20-14-7-11-8-17-5-3-10(11)6-13(14)15(18)19/h3,5-8,12H,2,4,9H2,1H3. The van der Waals surface area contributed by atoms with Crippen molar-refractivity contribution >= 4 is 28.3 Å². The van der Waals surface area contributed by atoms with Crippen LogP contribution in [-0.4, -0.2) is 41.4 Å². The van der Waals surface area contributed by atoms with Crippen LogP contribution in [0.3, 0.4) is 0 Å². The van der Waals surface area contributed by atoms with Crippen LogP contribution in [0.4, 0.5) is 0 Å². The highest BCUT2D eigenvalue weighted by molar-refractivity contribution is 6.17. The van der Waals surface area contributed by atoms with Crippen molar-refractivity contribution in [3.05, 3.63) is 36.2 Å². The van der Waals surface area contributed by atoms with Gasteiger partial charge in [0.1, 0.15) is 11.9 Å². The zero-order valence-corrected chi connectivity index (χ0v) is 11.9. The van der Waals surface area contributed by atoms with Gasteiger partial charge in [-0.25, -0.2) is 0 Å². The van der Waals surface area contributed by atoms with Crippen LogP contribution < -0.4 is 4.74 Å². The van der Waals surface area contributed by atoms with E-state index < -0.39 is 0 Å². The summed E-state index contributed by atoms with van der Waals surface area (Å²) >= 11 is 5.80. The van der Waals surface area contributed by atoms with Gasteiger partial charge in [0.15, 0.2) is 0 Å². The van der Waals surface area contributed by atoms with Crippen molar-refractivity contribution in [1.82, 2.24) is 9.88 Å². The van der Waals surface area contributed by atoms with E-state index in [1.54, 1.807) is 24.3 Å². The summed E-state index contributed by atoms with van der Waals surface area (Å²) in [5, 5.41) is 1.95. The summed E-state index contributed by atoms with van der Waals surface area (Å²) in [6.07, 6.45) is 4.13. The third kappa shape index (κ3) is 2.31. The SMILES string of the molecule is CN1CC(CCCl)Oc2cc3cnccc3cc2C1=O. The molecule has 4 nitrogen and oxygen atoms in total. The molecule has 1 unspecified atom stereocenters. The molecular weight excluding hydrogens is 276 g/mol. The summed E-state index contributed by atoms with van der Waals surface area (Å²) in [5.74, 6) is 1.11. The number of amides is 1. The minimum absolute atomic E-state index is 0.0178. The van der Waals surface area contributed by atoms with E-state index in [1.165, 1.54) is 0 Å². The molecule has 0 aliphatic carbocycles. The molecule has 104 valence electrons. The number of hydrogen-bond acceptors (Lipinski definition) is 3. The van der Waals surface area contributed by atoms with E-state index in [1.807, 2.05) is 18.2 Å². The molecular formula is C15H15ClN2O2. The fraction of sp³-hybridized carbons (Fsp3) is 0.333. The van der Waals surface area contributed by atoms with E-state index in [9.17, 15) is 4.79 Å². The number of carbonyl (C=O) groups is 1. The molecule has 20 heavy (non-hydrogen) atoms. The van der Waals surface area contributed by atoms with E-state index >= 15 is 0 Å². The molecule has 0 N–H and O–H groups in total. The average molecular weight is 291 g/mol. The normalized spacial score (nSPS) is 18.6. The van der Waals surface area contributed by atoms with Gasteiger partial charge in [0.2, 0.25) is 0 Å². The van der Waals surface area contributed by atoms with Crippen molar-refractivity contribution < 1.29 is 9.53 Å². The summed E-state index contributed by atoms with van der Waals surface area (Å²) in [4.78, 5) is 18.2. The lowest BCUT2D eigenvalue weighted by molar-refractivity contribution is 0.0759. The van der Waals surface area contributed by atoms with Crippen molar-refractivity contribution in [2.75, 3.05) is 19.5 Å². The third-order valence-electron chi connectivity index (χ3n) is 3.52. The van der Waals surface area contributed by atoms with Gasteiger partial charge < -0.3 is 9.64 Å². The second kappa shape index (κ2) is 5.29. The molecule has 3 rings (SSSR count). The quantitative estimate of drug-likeness (QED) is 0.799. The first-order chi connectivity index (χ1) is 9.69. The Kier molecular flexibility index (Phi) is 3.49. The highest BCUT2D eigenvalue weighted by Crippen LogP contribution is 2.30. The monoisotopic (exact) mass is 290 g/mol. The van der Waals surface area contributed by atoms with Crippen molar-refractivity contribution in [3.8, 4) is 5.75 Å². The number of fused-ring (bicyclic) bond motifs is 2. The molecule has 2 aromatic rings. The summed E-state index contributed by atoms with van der Waals surface area (Å²) < 4.78 is 5.97. The molecule has 0 saturated carbocycles. The Hall–Kier alpha value is -1.81. The molecule has 5 heteroatoms. The summed E-state index contributed by atoms with van der Waals surface area (Å²) in [6, 6.07) is 5.65. The van der Waals surface area contributed by atoms with Crippen LogP contribution in [0.2, 0.25) is 0 Å². The maximum atomic E-state index is 12.4. The third-order valence-corrected chi connectivity index (χ3v) is 3.74. The summed E-state index contributed by atoms with van der Waals surface area (Å²) in [5.41, 5.74) is 0.600. The average Bonchev–Trinajstić information content (AvgIpc) is 2.55. The van der Waals surface area contributed by atoms with Gasteiger partial charge in [-0.2, -0.15) is 0 Å². The van der Waals surface area contributed by atoms with E-state index in [0.717, 1.165) is 10.8 Å². The Labute approximate surface area is 122 Å². The topological polar surface area (TPSA) is 42.4 Å². The van der Waals surface area contributed by atoms with Crippen LogP contribution in [0.5, 0.6) is 5.75 Å². The van der Waals surface area contributed by atoms with Crippen LogP contribution in [-0.2, 0) is 0 Å². The largest absolute Gasteiger partial charge is 0.488 e. The second-order valence-corrected chi connectivity index (χ2v) is 5.35. The van der Waals surface area contributed by atoms with Gasteiger partial charge >= 0.3 is 0 Å². The smallest absolute Gasteiger partial charge is 0.257 e. The summed E-state index contributed by atoms with van der Waals surface area (Å²) in [7, 11) is 1.79. The summed E-state index contributed by atoms with van der Waals surface area (Å²) in [6.45, 7) is 0.550. The van der Waals surface area contributed by atoms with Gasteiger partial charge in [0, 0.05) is 30.7 Å².